The van der Waals surface area contributed by atoms with Crippen molar-refractivity contribution >= 4 is 17.7 Å². The van der Waals surface area contributed by atoms with E-state index in [1.165, 1.54) is 0 Å². The number of aromatic nitrogens is 1. The van der Waals surface area contributed by atoms with Gasteiger partial charge < -0.3 is 14.2 Å². The van der Waals surface area contributed by atoms with Gasteiger partial charge in [-0.25, -0.2) is 4.79 Å². The summed E-state index contributed by atoms with van der Waals surface area (Å²) in [6.07, 6.45) is 0. The predicted molar refractivity (Wildman–Crippen MR) is 133 cm³/mol. The molecule has 0 radical (unpaired) electrons. The van der Waals surface area contributed by atoms with Crippen molar-refractivity contribution in [1.29, 1.82) is 0 Å². The summed E-state index contributed by atoms with van der Waals surface area (Å²) >= 11 is 0. The number of rotatable bonds is 9. The lowest BCUT2D eigenvalue weighted by Crippen LogP contribution is -2.37. The minimum atomic E-state index is -0.772. The molecule has 2 heterocycles. The Morgan fingerprint density at radius 1 is 1.00 bits per heavy atom. The van der Waals surface area contributed by atoms with E-state index in [0.717, 1.165) is 27.4 Å². The molecule has 1 aliphatic heterocycles. The maximum atomic E-state index is 13.5. The molecule has 1 aliphatic rings. The lowest BCUT2D eigenvalue weighted by molar-refractivity contribution is -0.128. The van der Waals surface area contributed by atoms with Crippen molar-refractivity contribution in [3.8, 4) is 0 Å². The van der Waals surface area contributed by atoms with E-state index in [2.05, 4.69) is 4.57 Å². The van der Waals surface area contributed by atoms with Gasteiger partial charge >= 0.3 is 6.03 Å². The molecule has 1 aromatic heterocycles. The van der Waals surface area contributed by atoms with Crippen molar-refractivity contribution in [3.63, 3.8) is 0 Å². The molecule has 0 aliphatic carbocycles. The average Bonchev–Trinajstić information content (AvgIpc) is 3.27. The number of ketones is 1. The molecule has 4 rings (SSSR count). The number of benzene rings is 2. The molecule has 7 nitrogen and oxygen atoms in total. The van der Waals surface area contributed by atoms with Crippen LogP contribution in [0.5, 0.6) is 0 Å². The number of amides is 3. The Morgan fingerprint density at radius 3 is 2.26 bits per heavy atom. The van der Waals surface area contributed by atoms with E-state index in [4.69, 9.17) is 4.74 Å². The summed E-state index contributed by atoms with van der Waals surface area (Å²) in [5, 5.41) is 0. The second-order valence-corrected chi connectivity index (χ2v) is 9.02. The van der Waals surface area contributed by atoms with Crippen molar-refractivity contribution in [3.05, 3.63) is 94.8 Å². The third-order valence-electron chi connectivity index (χ3n) is 6.53. The topological polar surface area (TPSA) is 71.8 Å². The highest BCUT2D eigenvalue weighted by atomic mass is 16.5. The molecule has 2 unspecified atom stereocenters. The molecule has 182 valence electrons. The number of aryl methyl sites for hydroxylation is 1. The second kappa shape index (κ2) is 10.3. The van der Waals surface area contributed by atoms with Crippen LogP contribution < -0.4 is 0 Å². The van der Waals surface area contributed by atoms with Gasteiger partial charge in [0.25, 0.3) is 5.91 Å². The van der Waals surface area contributed by atoms with E-state index in [0.29, 0.717) is 12.2 Å². The molecule has 0 N–H and O–H groups in total. The van der Waals surface area contributed by atoms with Gasteiger partial charge in [0.05, 0.1) is 19.2 Å². The number of carbonyl (C=O) groups excluding carboxylic acids is 3. The largest absolute Gasteiger partial charge is 0.383 e. The molecule has 3 amide bonds. The summed E-state index contributed by atoms with van der Waals surface area (Å²) in [7, 11) is 1.64. The lowest BCUT2D eigenvalue weighted by atomic mass is 10.0. The fourth-order valence-corrected chi connectivity index (χ4v) is 4.97. The van der Waals surface area contributed by atoms with Gasteiger partial charge in [0.1, 0.15) is 6.04 Å². The van der Waals surface area contributed by atoms with E-state index < -0.39 is 12.1 Å². The normalized spacial score (nSPS) is 16.7. The Bertz CT molecular complexity index is 1220. The SMILES string of the molecule is COCC(C)n1c(C)cc(C(=O)CN2C(=O)C(c3ccccc3)N(Cc3ccccc3)C2=O)c1C. The molecule has 7 heteroatoms. The number of Topliss-reactive ketones (excluding diaryl/α,β-unsaturated/α-hetero) is 1. The van der Waals surface area contributed by atoms with E-state index >= 15 is 0 Å². The number of imide groups is 1. The molecule has 3 aromatic rings. The molecule has 0 bridgehead atoms. The predicted octanol–water partition coefficient (Wildman–Crippen LogP) is 4.70. The first kappa shape index (κ1) is 24.4. The van der Waals surface area contributed by atoms with Crippen LogP contribution in [-0.4, -0.2) is 52.3 Å². The van der Waals surface area contributed by atoms with Crippen LogP contribution in [0.15, 0.2) is 66.7 Å². The number of methoxy groups -OCH3 is 1. The van der Waals surface area contributed by atoms with Crippen LogP contribution in [0.3, 0.4) is 0 Å². The maximum Gasteiger partial charge on any atom is 0.328 e. The standard InChI is InChI=1S/C28H31N3O4/c1-19-15-24(21(3)31(19)20(2)18-35-4)25(32)17-30-27(33)26(23-13-9-6-10-14-23)29(28(30)34)16-22-11-7-5-8-12-22/h5-15,20,26H,16-18H2,1-4H3. The zero-order valence-corrected chi connectivity index (χ0v) is 20.6. The molecule has 1 saturated heterocycles. The quantitative estimate of drug-likeness (QED) is 0.334. The number of urea groups is 1. The molecule has 1 fully saturated rings. The molecule has 0 spiro atoms. The minimum absolute atomic E-state index is 0.0559. The Kier molecular flexibility index (Phi) is 7.17. The van der Waals surface area contributed by atoms with Crippen LogP contribution in [0.25, 0.3) is 0 Å². The molecule has 2 atom stereocenters. The second-order valence-electron chi connectivity index (χ2n) is 9.02. The fraction of sp³-hybridized carbons (Fsp3) is 0.321. The first-order chi connectivity index (χ1) is 16.8. The van der Waals surface area contributed by atoms with Crippen LogP contribution in [0.2, 0.25) is 0 Å². The van der Waals surface area contributed by atoms with E-state index in [9.17, 15) is 14.4 Å². The summed E-state index contributed by atoms with van der Waals surface area (Å²) in [5.41, 5.74) is 3.89. The summed E-state index contributed by atoms with van der Waals surface area (Å²) in [6.45, 7) is 6.34. The molecule has 2 aromatic carbocycles. The van der Waals surface area contributed by atoms with Gasteiger partial charge in [-0.15, -0.1) is 0 Å². The zero-order chi connectivity index (χ0) is 25.1. The van der Waals surface area contributed by atoms with Crippen LogP contribution in [0, 0.1) is 13.8 Å². The van der Waals surface area contributed by atoms with Gasteiger partial charge in [0.15, 0.2) is 5.78 Å². The Morgan fingerprint density at radius 2 is 1.63 bits per heavy atom. The van der Waals surface area contributed by atoms with Gasteiger partial charge in [-0.05, 0) is 38.0 Å². The third kappa shape index (κ3) is 4.77. The molecular weight excluding hydrogens is 442 g/mol. The average molecular weight is 474 g/mol. The zero-order valence-electron chi connectivity index (χ0n) is 20.6. The third-order valence-corrected chi connectivity index (χ3v) is 6.53. The van der Waals surface area contributed by atoms with Crippen LogP contribution in [-0.2, 0) is 16.1 Å². The first-order valence-corrected chi connectivity index (χ1v) is 11.7. The van der Waals surface area contributed by atoms with E-state index in [1.54, 1.807) is 12.0 Å². The van der Waals surface area contributed by atoms with Crippen molar-refractivity contribution in [2.75, 3.05) is 20.3 Å². The monoisotopic (exact) mass is 473 g/mol. The first-order valence-electron chi connectivity index (χ1n) is 11.7. The van der Waals surface area contributed by atoms with Crippen molar-refractivity contribution < 1.29 is 19.1 Å². The molecule has 0 saturated carbocycles. The summed E-state index contributed by atoms with van der Waals surface area (Å²) < 4.78 is 7.33. The fourth-order valence-electron chi connectivity index (χ4n) is 4.97. The van der Waals surface area contributed by atoms with Gasteiger partial charge in [0, 0.05) is 30.6 Å². The van der Waals surface area contributed by atoms with Gasteiger partial charge in [-0.3, -0.25) is 14.5 Å². The van der Waals surface area contributed by atoms with Crippen molar-refractivity contribution in [2.24, 2.45) is 0 Å². The minimum Gasteiger partial charge on any atom is -0.383 e. The van der Waals surface area contributed by atoms with Crippen LogP contribution >= 0.6 is 0 Å². The summed E-state index contributed by atoms with van der Waals surface area (Å²) in [4.78, 5) is 43.0. The molecular formula is C28H31N3O4. The Balaban J connectivity index is 1.63. The van der Waals surface area contributed by atoms with Crippen molar-refractivity contribution in [2.45, 2.75) is 39.4 Å². The van der Waals surface area contributed by atoms with E-state index in [1.807, 2.05) is 87.5 Å². The number of hydrogen-bond donors (Lipinski definition) is 0. The highest BCUT2D eigenvalue weighted by molar-refractivity contribution is 6.09. The van der Waals surface area contributed by atoms with Crippen LogP contribution in [0.1, 0.15) is 51.9 Å². The van der Waals surface area contributed by atoms with E-state index in [-0.39, 0.29) is 30.8 Å². The summed E-state index contributed by atoms with van der Waals surface area (Å²) in [5.74, 6) is -0.643. The summed E-state index contributed by atoms with van der Waals surface area (Å²) in [6, 6.07) is 19.4. The Labute approximate surface area is 205 Å². The Hall–Kier alpha value is -3.71. The highest BCUT2D eigenvalue weighted by Gasteiger charge is 2.46. The number of hydrogen-bond acceptors (Lipinski definition) is 4. The van der Waals surface area contributed by atoms with Gasteiger partial charge in [-0.1, -0.05) is 60.7 Å². The number of carbonyl (C=O) groups is 3. The number of ether oxygens (including phenoxy) is 1. The number of nitrogens with zero attached hydrogens (tertiary/aromatic N) is 3. The van der Waals surface area contributed by atoms with Crippen LogP contribution in [0.4, 0.5) is 4.79 Å². The smallest absolute Gasteiger partial charge is 0.328 e. The maximum absolute atomic E-state index is 13.5. The lowest BCUT2D eigenvalue weighted by Gasteiger charge is -2.22. The van der Waals surface area contributed by atoms with Crippen molar-refractivity contribution in [1.82, 2.24) is 14.4 Å². The van der Waals surface area contributed by atoms with Gasteiger partial charge in [0.2, 0.25) is 0 Å². The molecule has 35 heavy (non-hydrogen) atoms. The van der Waals surface area contributed by atoms with Gasteiger partial charge in [-0.2, -0.15) is 0 Å². The highest BCUT2D eigenvalue weighted by Crippen LogP contribution is 2.33.